The van der Waals surface area contributed by atoms with Gasteiger partial charge in [0.2, 0.25) is 5.88 Å². The molecule has 0 bridgehead atoms. The Labute approximate surface area is 111 Å². The van der Waals surface area contributed by atoms with Gasteiger partial charge < -0.3 is 10.5 Å². The third kappa shape index (κ3) is 2.56. The Balaban J connectivity index is 2.37. The molecule has 4 nitrogen and oxygen atoms in total. The van der Waals surface area contributed by atoms with Crippen molar-refractivity contribution in [2.24, 2.45) is 0 Å². The van der Waals surface area contributed by atoms with E-state index in [-0.39, 0.29) is 0 Å². The summed E-state index contributed by atoms with van der Waals surface area (Å²) in [7, 11) is 1.55. The van der Waals surface area contributed by atoms with Gasteiger partial charge in [-0.15, -0.1) is 0 Å². The van der Waals surface area contributed by atoms with Crippen molar-refractivity contribution in [2.75, 3.05) is 12.8 Å². The Morgan fingerprint density at radius 2 is 2.00 bits per heavy atom. The zero-order valence-corrected chi connectivity index (χ0v) is 11.4. The second kappa shape index (κ2) is 5.27. The number of anilines is 1. The summed E-state index contributed by atoms with van der Waals surface area (Å²) in [6.07, 6.45) is 1.46. The molecular weight excluding hydrogens is 246 g/mol. The van der Waals surface area contributed by atoms with Crippen LogP contribution in [0.2, 0.25) is 0 Å². The normalized spacial score (nSPS) is 10.4. The third-order valence-corrected chi connectivity index (χ3v) is 3.73. The molecule has 5 heteroatoms. The van der Waals surface area contributed by atoms with Gasteiger partial charge in [-0.05, 0) is 31.0 Å². The smallest absolute Gasteiger partial charge is 0.241 e. The Kier molecular flexibility index (Phi) is 3.72. The number of rotatable bonds is 3. The lowest BCUT2D eigenvalue weighted by Gasteiger charge is -2.09. The molecule has 0 unspecified atom stereocenters. The van der Waals surface area contributed by atoms with E-state index < -0.39 is 0 Å². The molecule has 0 spiro atoms. The molecule has 0 fully saturated rings. The zero-order chi connectivity index (χ0) is 13.1. The molecule has 0 amide bonds. The van der Waals surface area contributed by atoms with Crippen molar-refractivity contribution < 1.29 is 4.74 Å². The van der Waals surface area contributed by atoms with Crippen LogP contribution >= 0.6 is 11.8 Å². The zero-order valence-electron chi connectivity index (χ0n) is 10.6. The number of nitrogens with two attached hydrogens (primary N) is 1. The predicted molar refractivity (Wildman–Crippen MR) is 73.0 cm³/mol. The molecule has 0 aliphatic carbocycles. The maximum absolute atomic E-state index is 5.96. The van der Waals surface area contributed by atoms with Crippen LogP contribution in [0.3, 0.4) is 0 Å². The van der Waals surface area contributed by atoms with E-state index in [1.807, 2.05) is 0 Å². The molecule has 0 saturated carbocycles. The number of nitrogen functional groups attached to an aromatic ring is 1. The molecule has 0 atom stereocenters. The first-order valence-corrected chi connectivity index (χ1v) is 6.33. The van der Waals surface area contributed by atoms with Crippen molar-refractivity contribution in [1.82, 2.24) is 9.97 Å². The summed E-state index contributed by atoms with van der Waals surface area (Å²) in [5.74, 6) is 0.415. The Morgan fingerprint density at radius 1 is 1.22 bits per heavy atom. The first kappa shape index (κ1) is 12.7. The highest BCUT2D eigenvalue weighted by Crippen LogP contribution is 2.35. The Bertz CT molecular complexity index is 572. The third-order valence-electron chi connectivity index (χ3n) is 2.55. The lowest BCUT2D eigenvalue weighted by atomic mass is 10.2. The summed E-state index contributed by atoms with van der Waals surface area (Å²) in [6.45, 7) is 4.13. The summed E-state index contributed by atoms with van der Waals surface area (Å²) in [5.41, 5.74) is 8.84. The highest BCUT2D eigenvalue weighted by atomic mass is 32.2. The van der Waals surface area contributed by atoms with E-state index in [0.29, 0.717) is 11.6 Å². The molecule has 2 N–H and O–H groups in total. The fourth-order valence-electron chi connectivity index (χ4n) is 1.53. The van der Waals surface area contributed by atoms with E-state index in [2.05, 4.69) is 42.0 Å². The van der Waals surface area contributed by atoms with Crippen molar-refractivity contribution >= 4 is 17.4 Å². The largest absolute Gasteiger partial charge is 0.479 e. The topological polar surface area (TPSA) is 61.0 Å². The van der Waals surface area contributed by atoms with Crippen LogP contribution < -0.4 is 10.5 Å². The number of methoxy groups -OCH3 is 1. The summed E-state index contributed by atoms with van der Waals surface area (Å²) in [6, 6.07) is 6.30. The van der Waals surface area contributed by atoms with Crippen molar-refractivity contribution in [3.8, 4) is 5.88 Å². The van der Waals surface area contributed by atoms with Gasteiger partial charge in [-0.3, -0.25) is 0 Å². The van der Waals surface area contributed by atoms with Crippen LogP contribution in [0.1, 0.15) is 11.1 Å². The van der Waals surface area contributed by atoms with E-state index in [9.17, 15) is 0 Å². The van der Waals surface area contributed by atoms with Crippen molar-refractivity contribution in [3.05, 3.63) is 35.7 Å². The molecular formula is C13H15N3OS. The van der Waals surface area contributed by atoms with Gasteiger partial charge in [0.15, 0.2) is 0 Å². The van der Waals surface area contributed by atoms with E-state index >= 15 is 0 Å². The maximum Gasteiger partial charge on any atom is 0.241 e. The molecule has 94 valence electrons. The lowest BCUT2D eigenvalue weighted by molar-refractivity contribution is 0.397. The van der Waals surface area contributed by atoms with Gasteiger partial charge in [0.25, 0.3) is 0 Å². The molecule has 2 rings (SSSR count). The van der Waals surface area contributed by atoms with Gasteiger partial charge in [-0.2, -0.15) is 4.98 Å². The number of aromatic nitrogens is 2. The molecule has 18 heavy (non-hydrogen) atoms. The van der Waals surface area contributed by atoms with E-state index in [1.54, 1.807) is 7.11 Å². The van der Waals surface area contributed by atoms with Crippen LogP contribution in [0.15, 0.2) is 34.4 Å². The minimum absolute atomic E-state index is 0.415. The standard InChI is InChI=1S/C13H15N3OS/c1-8-4-5-9(2)10(6-8)18-13-11(14)12(17-3)15-7-16-13/h4-7H,14H2,1-3H3. The van der Waals surface area contributed by atoms with Gasteiger partial charge in [0, 0.05) is 4.90 Å². The molecule has 0 aliphatic heterocycles. The molecule has 2 aromatic rings. The number of aryl methyl sites for hydroxylation is 2. The monoisotopic (exact) mass is 261 g/mol. The average Bonchev–Trinajstić information content (AvgIpc) is 2.36. The van der Waals surface area contributed by atoms with Crippen LogP contribution in [0.5, 0.6) is 5.88 Å². The molecule has 1 aromatic carbocycles. The first-order valence-electron chi connectivity index (χ1n) is 5.51. The molecule has 1 heterocycles. The summed E-state index contributed by atoms with van der Waals surface area (Å²) < 4.78 is 5.09. The predicted octanol–water partition coefficient (Wildman–Crippen LogP) is 2.84. The van der Waals surface area contributed by atoms with Crippen molar-refractivity contribution in [2.45, 2.75) is 23.8 Å². The fraction of sp³-hybridized carbons (Fsp3) is 0.231. The molecule has 0 radical (unpaired) electrons. The second-order valence-corrected chi connectivity index (χ2v) is 5.00. The molecule has 0 saturated heterocycles. The van der Waals surface area contributed by atoms with Gasteiger partial charge in [-0.25, -0.2) is 4.98 Å². The summed E-state index contributed by atoms with van der Waals surface area (Å²) >= 11 is 1.53. The molecule has 0 aliphatic rings. The number of hydrogen-bond acceptors (Lipinski definition) is 5. The van der Waals surface area contributed by atoms with Crippen LogP contribution in [0.25, 0.3) is 0 Å². The highest BCUT2D eigenvalue weighted by Gasteiger charge is 2.11. The minimum atomic E-state index is 0.415. The van der Waals surface area contributed by atoms with Crippen LogP contribution in [0.4, 0.5) is 5.69 Å². The average molecular weight is 261 g/mol. The van der Waals surface area contributed by atoms with Gasteiger partial charge in [0.1, 0.15) is 17.0 Å². The van der Waals surface area contributed by atoms with Crippen LogP contribution in [-0.4, -0.2) is 17.1 Å². The Morgan fingerprint density at radius 3 is 2.72 bits per heavy atom. The van der Waals surface area contributed by atoms with Crippen molar-refractivity contribution in [3.63, 3.8) is 0 Å². The summed E-state index contributed by atoms with van der Waals surface area (Å²) in [4.78, 5) is 9.31. The lowest BCUT2D eigenvalue weighted by Crippen LogP contribution is -1.99. The second-order valence-electron chi connectivity index (χ2n) is 3.97. The quantitative estimate of drug-likeness (QED) is 0.861. The van der Waals surface area contributed by atoms with E-state index in [0.717, 1.165) is 9.92 Å². The number of hydrogen-bond donors (Lipinski definition) is 1. The SMILES string of the molecule is COc1ncnc(Sc2cc(C)ccc2C)c1N. The molecule has 1 aromatic heterocycles. The minimum Gasteiger partial charge on any atom is -0.479 e. The highest BCUT2D eigenvalue weighted by molar-refractivity contribution is 7.99. The van der Waals surface area contributed by atoms with E-state index in [1.165, 1.54) is 29.2 Å². The number of ether oxygens (including phenoxy) is 1. The van der Waals surface area contributed by atoms with Crippen LogP contribution in [0, 0.1) is 13.8 Å². The first-order chi connectivity index (χ1) is 8.61. The van der Waals surface area contributed by atoms with Gasteiger partial charge in [0.05, 0.1) is 7.11 Å². The van der Waals surface area contributed by atoms with Crippen molar-refractivity contribution in [1.29, 1.82) is 0 Å². The van der Waals surface area contributed by atoms with Gasteiger partial charge in [-0.1, -0.05) is 23.9 Å². The summed E-state index contributed by atoms with van der Waals surface area (Å²) in [5, 5.41) is 0.718. The van der Waals surface area contributed by atoms with Crippen LogP contribution in [-0.2, 0) is 0 Å². The number of benzene rings is 1. The maximum atomic E-state index is 5.96. The van der Waals surface area contributed by atoms with E-state index in [4.69, 9.17) is 10.5 Å². The Hall–Kier alpha value is -1.75. The fourth-order valence-corrected chi connectivity index (χ4v) is 2.51. The number of nitrogens with zero attached hydrogens (tertiary/aromatic N) is 2. The van der Waals surface area contributed by atoms with Gasteiger partial charge >= 0.3 is 0 Å².